The molecule has 3 N–H and O–H groups in total. The molecule has 1 saturated carbocycles. The molecule has 1 aliphatic heterocycles. The Morgan fingerprint density at radius 2 is 1.84 bits per heavy atom. The van der Waals surface area contributed by atoms with Crippen molar-refractivity contribution >= 4 is 5.69 Å². The molecule has 3 unspecified atom stereocenters. The van der Waals surface area contributed by atoms with Gasteiger partial charge in [0, 0.05) is 36.9 Å². The van der Waals surface area contributed by atoms with Gasteiger partial charge in [-0.3, -0.25) is 0 Å². The van der Waals surface area contributed by atoms with Gasteiger partial charge in [-0.15, -0.1) is 0 Å². The fourth-order valence-electron chi connectivity index (χ4n) is 3.95. The van der Waals surface area contributed by atoms with Crippen molar-refractivity contribution in [3.63, 3.8) is 0 Å². The molecular formula is C18H25F4N3. The minimum Gasteiger partial charge on any atom is -0.370 e. The second kappa shape index (κ2) is 7.50. The second-order valence-corrected chi connectivity index (χ2v) is 7.17. The molecule has 0 amide bonds. The minimum atomic E-state index is -4.66. The molecule has 0 aromatic heterocycles. The summed E-state index contributed by atoms with van der Waals surface area (Å²) in [6.45, 7) is 1.38. The molecule has 7 heteroatoms. The lowest BCUT2D eigenvalue weighted by Gasteiger charge is -2.39. The quantitative estimate of drug-likeness (QED) is 0.809. The van der Waals surface area contributed by atoms with E-state index in [9.17, 15) is 17.6 Å². The van der Waals surface area contributed by atoms with Crippen LogP contribution >= 0.6 is 0 Å². The van der Waals surface area contributed by atoms with E-state index >= 15 is 0 Å². The summed E-state index contributed by atoms with van der Waals surface area (Å²) in [4.78, 5) is 1.96. The van der Waals surface area contributed by atoms with Crippen LogP contribution in [0.25, 0.3) is 0 Å². The van der Waals surface area contributed by atoms with E-state index in [1.54, 1.807) is 0 Å². The van der Waals surface area contributed by atoms with Crippen LogP contribution in [-0.4, -0.2) is 31.2 Å². The third-order valence-corrected chi connectivity index (χ3v) is 5.31. The minimum absolute atomic E-state index is 0.160. The molecule has 1 aromatic carbocycles. The molecule has 25 heavy (non-hydrogen) atoms. The zero-order chi connectivity index (χ0) is 18.0. The number of hydrogen-bond acceptors (Lipinski definition) is 3. The van der Waals surface area contributed by atoms with E-state index in [-0.39, 0.29) is 12.1 Å². The summed E-state index contributed by atoms with van der Waals surface area (Å²) in [5, 5.41) is 3.62. The van der Waals surface area contributed by atoms with Gasteiger partial charge in [0.25, 0.3) is 0 Å². The van der Waals surface area contributed by atoms with Crippen LogP contribution in [0.2, 0.25) is 0 Å². The Morgan fingerprint density at radius 3 is 2.52 bits per heavy atom. The van der Waals surface area contributed by atoms with E-state index in [0.29, 0.717) is 18.3 Å². The molecule has 3 atom stereocenters. The van der Waals surface area contributed by atoms with Crippen LogP contribution in [0.15, 0.2) is 18.2 Å². The summed E-state index contributed by atoms with van der Waals surface area (Å²) in [6, 6.07) is 3.88. The highest BCUT2D eigenvalue weighted by Gasteiger charge is 2.34. The highest BCUT2D eigenvalue weighted by molar-refractivity contribution is 5.49. The maximum Gasteiger partial charge on any atom is 0.419 e. The number of benzene rings is 1. The highest BCUT2D eigenvalue weighted by Crippen LogP contribution is 2.33. The summed E-state index contributed by atoms with van der Waals surface area (Å²) in [6.07, 6.45) is 1.69. The van der Waals surface area contributed by atoms with Crippen LogP contribution in [0.1, 0.15) is 44.1 Å². The second-order valence-electron chi connectivity index (χ2n) is 7.17. The molecule has 140 valence electrons. The predicted octanol–water partition coefficient (Wildman–Crippen LogP) is 3.67. The standard InChI is InChI=1S/C18H25F4N3/c19-15-10-13(7-8-14(15)18(20,21)22)25-9-3-4-12(11-25)24-17-6-2-1-5-16(17)23/h7-8,10,12,16-17,24H,1-6,9,11,23H2. The third kappa shape index (κ3) is 4.44. The van der Waals surface area contributed by atoms with Gasteiger partial charge in [-0.1, -0.05) is 12.8 Å². The molecule has 1 aliphatic carbocycles. The van der Waals surface area contributed by atoms with Crippen molar-refractivity contribution in [2.45, 2.75) is 62.8 Å². The zero-order valence-corrected chi connectivity index (χ0v) is 14.2. The van der Waals surface area contributed by atoms with Gasteiger partial charge in [0.05, 0.1) is 5.56 Å². The Balaban J connectivity index is 1.66. The van der Waals surface area contributed by atoms with Gasteiger partial charge in [0.15, 0.2) is 0 Å². The van der Waals surface area contributed by atoms with Crippen LogP contribution in [0.5, 0.6) is 0 Å². The summed E-state index contributed by atoms with van der Waals surface area (Å²) < 4.78 is 52.0. The lowest BCUT2D eigenvalue weighted by atomic mass is 9.89. The summed E-state index contributed by atoms with van der Waals surface area (Å²) in [7, 11) is 0. The van der Waals surface area contributed by atoms with Crippen LogP contribution in [0, 0.1) is 5.82 Å². The first-order valence-corrected chi connectivity index (χ1v) is 8.98. The number of nitrogens with two attached hydrogens (primary N) is 1. The van der Waals surface area contributed by atoms with Gasteiger partial charge in [0.1, 0.15) is 5.82 Å². The molecule has 1 heterocycles. The predicted molar refractivity (Wildman–Crippen MR) is 90.0 cm³/mol. The monoisotopic (exact) mass is 359 g/mol. The maximum absolute atomic E-state index is 13.8. The molecule has 1 aromatic rings. The van der Waals surface area contributed by atoms with Crippen molar-refractivity contribution in [3.05, 3.63) is 29.6 Å². The lowest BCUT2D eigenvalue weighted by molar-refractivity contribution is -0.139. The molecule has 2 aliphatic rings. The molecule has 3 nitrogen and oxygen atoms in total. The SMILES string of the molecule is NC1CCCCC1NC1CCCN(c2ccc(C(F)(F)F)c(F)c2)C1. The van der Waals surface area contributed by atoms with Gasteiger partial charge in [-0.2, -0.15) is 13.2 Å². The van der Waals surface area contributed by atoms with E-state index < -0.39 is 17.6 Å². The Kier molecular flexibility index (Phi) is 5.53. The average molecular weight is 359 g/mol. The normalized spacial score (nSPS) is 28.2. The molecule has 0 bridgehead atoms. The molecule has 0 spiro atoms. The lowest BCUT2D eigenvalue weighted by Crippen LogP contribution is -2.55. The van der Waals surface area contributed by atoms with Crippen molar-refractivity contribution < 1.29 is 17.6 Å². The zero-order valence-electron chi connectivity index (χ0n) is 14.2. The van der Waals surface area contributed by atoms with Crippen molar-refractivity contribution in [3.8, 4) is 0 Å². The van der Waals surface area contributed by atoms with Crippen LogP contribution in [0.4, 0.5) is 23.2 Å². The summed E-state index contributed by atoms with van der Waals surface area (Å²) in [5.74, 6) is -1.21. The Bertz CT molecular complexity index is 590. The van der Waals surface area contributed by atoms with Gasteiger partial charge < -0.3 is 16.0 Å². The van der Waals surface area contributed by atoms with Crippen LogP contribution in [-0.2, 0) is 6.18 Å². The van der Waals surface area contributed by atoms with Gasteiger partial charge in [-0.05, 0) is 43.9 Å². The number of halogens is 4. The van der Waals surface area contributed by atoms with Crippen LogP contribution in [0.3, 0.4) is 0 Å². The summed E-state index contributed by atoms with van der Waals surface area (Å²) >= 11 is 0. The Morgan fingerprint density at radius 1 is 1.08 bits per heavy atom. The number of hydrogen-bond donors (Lipinski definition) is 2. The summed E-state index contributed by atoms with van der Waals surface area (Å²) in [5.41, 5.74) is 5.48. The molecule has 0 radical (unpaired) electrons. The molecule has 2 fully saturated rings. The highest BCUT2D eigenvalue weighted by atomic mass is 19.4. The molecule has 1 saturated heterocycles. The van der Waals surface area contributed by atoms with E-state index in [0.717, 1.165) is 44.4 Å². The Hall–Kier alpha value is -1.34. The largest absolute Gasteiger partial charge is 0.419 e. The van der Waals surface area contributed by atoms with Crippen molar-refractivity contribution in [1.82, 2.24) is 5.32 Å². The van der Waals surface area contributed by atoms with Crippen LogP contribution < -0.4 is 16.0 Å². The van der Waals surface area contributed by atoms with E-state index in [4.69, 9.17) is 5.73 Å². The van der Waals surface area contributed by atoms with Crippen molar-refractivity contribution in [1.29, 1.82) is 0 Å². The van der Waals surface area contributed by atoms with E-state index in [2.05, 4.69) is 5.32 Å². The fraction of sp³-hybridized carbons (Fsp3) is 0.667. The number of nitrogens with one attached hydrogen (secondary N) is 1. The molecular weight excluding hydrogens is 334 g/mol. The number of anilines is 1. The molecule has 3 rings (SSSR count). The van der Waals surface area contributed by atoms with Gasteiger partial charge in [0.2, 0.25) is 0 Å². The first-order chi connectivity index (χ1) is 11.8. The number of nitrogens with zero attached hydrogens (tertiary/aromatic N) is 1. The smallest absolute Gasteiger partial charge is 0.370 e. The fourth-order valence-corrected chi connectivity index (χ4v) is 3.95. The average Bonchev–Trinajstić information content (AvgIpc) is 2.56. The maximum atomic E-state index is 13.8. The Labute approximate surface area is 145 Å². The number of alkyl halides is 3. The first kappa shape index (κ1) is 18.5. The van der Waals surface area contributed by atoms with Gasteiger partial charge in [-0.25, -0.2) is 4.39 Å². The van der Waals surface area contributed by atoms with Gasteiger partial charge >= 0.3 is 6.18 Å². The number of rotatable bonds is 3. The van der Waals surface area contributed by atoms with E-state index in [1.807, 2.05) is 4.90 Å². The first-order valence-electron chi connectivity index (χ1n) is 8.98. The van der Waals surface area contributed by atoms with Crippen molar-refractivity contribution in [2.24, 2.45) is 5.73 Å². The number of piperidine rings is 1. The van der Waals surface area contributed by atoms with Crippen molar-refractivity contribution in [2.75, 3.05) is 18.0 Å². The van der Waals surface area contributed by atoms with E-state index in [1.165, 1.54) is 18.9 Å². The third-order valence-electron chi connectivity index (χ3n) is 5.31. The topological polar surface area (TPSA) is 41.3 Å².